The molecule has 6 N–H and O–H groups in total. The van der Waals surface area contributed by atoms with Crippen molar-refractivity contribution in [2.24, 2.45) is 27.9 Å². The van der Waals surface area contributed by atoms with Gasteiger partial charge in [-0.25, -0.2) is 14.4 Å². The second-order valence-corrected chi connectivity index (χ2v) is 16.1. The Morgan fingerprint density at radius 2 is 1.31 bits per heavy atom. The van der Waals surface area contributed by atoms with E-state index in [2.05, 4.69) is 5.32 Å². The molecule has 4 unspecified atom stereocenters. The number of amides is 4. The maximum Gasteiger partial charge on any atom is 0.407 e. The molecule has 1 rings (SSSR count). The largest absolute Gasteiger partial charge is 0.465 e. The fraction of sp³-hybridized carbons (Fsp3) is 0.875. The summed E-state index contributed by atoms with van der Waals surface area (Å²) < 4.78 is 0. The second-order valence-electron chi connectivity index (χ2n) is 16.1. The fourth-order valence-corrected chi connectivity index (χ4v) is 6.31. The van der Waals surface area contributed by atoms with Crippen LogP contribution < -0.4 is 11.1 Å². The molecule has 1 fully saturated rings. The van der Waals surface area contributed by atoms with Crippen LogP contribution in [0, 0.1) is 22.2 Å². The maximum absolute atomic E-state index is 13.2. The van der Waals surface area contributed by atoms with E-state index < -0.39 is 58.7 Å². The van der Waals surface area contributed by atoms with Crippen molar-refractivity contribution in [2.45, 2.75) is 113 Å². The second kappa shape index (κ2) is 16.2. The van der Waals surface area contributed by atoms with Gasteiger partial charge >= 0.3 is 18.3 Å². The molecule has 0 saturated carbocycles. The van der Waals surface area contributed by atoms with Crippen molar-refractivity contribution < 1.29 is 34.5 Å². The third kappa shape index (κ3) is 12.1. The van der Waals surface area contributed by atoms with E-state index in [4.69, 9.17) is 5.73 Å². The van der Waals surface area contributed by atoms with Crippen LogP contribution in [0.4, 0.5) is 14.4 Å². The minimum absolute atomic E-state index is 0.0702. The van der Waals surface area contributed by atoms with Crippen molar-refractivity contribution in [3.63, 3.8) is 0 Å². The van der Waals surface area contributed by atoms with E-state index in [0.717, 1.165) is 0 Å². The van der Waals surface area contributed by atoms with Crippen LogP contribution in [0.15, 0.2) is 0 Å². The molecule has 1 aliphatic heterocycles. The zero-order valence-corrected chi connectivity index (χ0v) is 29.6. The minimum atomic E-state index is -1.21. The summed E-state index contributed by atoms with van der Waals surface area (Å²) in [6, 6.07) is -2.92. The van der Waals surface area contributed by atoms with Crippen LogP contribution in [0.2, 0.25) is 0 Å². The van der Waals surface area contributed by atoms with Crippen LogP contribution in [0.3, 0.4) is 0 Å². The SMILES string of the molecule is CC(C)CC(N)C(=O)NCCCN1CCN(C(=O)O)CC(C(C)(C)C)N(C(=O)O)C(C(C)(C)C)C(C(C)(C)C)N(C(=O)O)CC1. The van der Waals surface area contributed by atoms with Gasteiger partial charge < -0.3 is 36.2 Å². The highest BCUT2D eigenvalue weighted by Crippen LogP contribution is 2.41. The maximum atomic E-state index is 13.2. The van der Waals surface area contributed by atoms with E-state index in [1.54, 1.807) is 0 Å². The highest BCUT2D eigenvalue weighted by molar-refractivity contribution is 5.81. The highest BCUT2D eigenvalue weighted by Gasteiger charge is 2.52. The number of carboxylic acid groups (broad SMARTS) is 3. The van der Waals surface area contributed by atoms with Gasteiger partial charge in [0.15, 0.2) is 0 Å². The number of carbonyl (C=O) groups excluding carboxylic acids is 1. The van der Waals surface area contributed by atoms with Crippen LogP contribution in [-0.4, -0.2) is 129 Å². The summed E-state index contributed by atoms with van der Waals surface area (Å²) in [4.78, 5) is 57.1. The monoisotopic (exact) mass is 642 g/mol. The topological polar surface area (TPSA) is 180 Å². The predicted octanol–water partition coefficient (Wildman–Crippen LogP) is 4.37. The Kier molecular flexibility index (Phi) is 14.4. The van der Waals surface area contributed by atoms with Crippen molar-refractivity contribution in [1.82, 2.24) is 24.9 Å². The van der Waals surface area contributed by atoms with E-state index in [1.165, 1.54) is 14.7 Å². The Balaban J connectivity index is 3.62. The molecule has 1 saturated heterocycles. The molecule has 262 valence electrons. The molecular weight excluding hydrogens is 580 g/mol. The normalized spacial score (nSPS) is 22.4. The Morgan fingerprint density at radius 1 is 0.778 bits per heavy atom. The summed E-state index contributed by atoms with van der Waals surface area (Å²) >= 11 is 0. The highest BCUT2D eigenvalue weighted by atomic mass is 16.4. The van der Waals surface area contributed by atoms with Crippen LogP contribution in [-0.2, 0) is 4.79 Å². The van der Waals surface area contributed by atoms with E-state index in [0.29, 0.717) is 39.0 Å². The quantitative estimate of drug-likeness (QED) is 0.252. The molecular formula is C32H62N6O7. The summed E-state index contributed by atoms with van der Waals surface area (Å²) in [6.07, 6.45) is -2.37. The number of hydrogen-bond donors (Lipinski definition) is 5. The zero-order chi connectivity index (χ0) is 35.1. The molecule has 1 heterocycles. The standard InChI is InChI=1S/C32H62N6O7/c1-21(2)19-22(33)26(39)34-13-12-14-35-15-17-36(27(40)41)20-23(30(3,4)5)38(29(44)45)25(32(9,10)11)24(31(6,7)8)37(18-16-35)28(42)43/h21-25H,12-20,33H2,1-11H3,(H,34,39)(H,40,41)(H,42,43)(H,44,45). The lowest BCUT2D eigenvalue weighted by Gasteiger charge is -2.55. The van der Waals surface area contributed by atoms with Crippen LogP contribution >= 0.6 is 0 Å². The van der Waals surface area contributed by atoms with E-state index in [9.17, 15) is 34.5 Å². The first-order chi connectivity index (χ1) is 20.4. The summed E-state index contributed by atoms with van der Waals surface area (Å²) in [6.45, 7) is 22.7. The van der Waals surface area contributed by atoms with Gasteiger partial charge in [0, 0.05) is 39.3 Å². The van der Waals surface area contributed by atoms with Gasteiger partial charge in [-0.2, -0.15) is 0 Å². The lowest BCUT2D eigenvalue weighted by Crippen LogP contribution is -2.69. The lowest BCUT2D eigenvalue weighted by atomic mass is 9.69. The number of nitrogens with zero attached hydrogens (tertiary/aromatic N) is 4. The lowest BCUT2D eigenvalue weighted by molar-refractivity contribution is -0.122. The van der Waals surface area contributed by atoms with Gasteiger partial charge in [0.25, 0.3) is 0 Å². The Morgan fingerprint density at radius 3 is 1.73 bits per heavy atom. The van der Waals surface area contributed by atoms with Gasteiger partial charge in [-0.15, -0.1) is 0 Å². The zero-order valence-electron chi connectivity index (χ0n) is 29.6. The molecule has 13 heteroatoms. The van der Waals surface area contributed by atoms with Crippen LogP contribution in [0.25, 0.3) is 0 Å². The number of nitrogens with one attached hydrogen (secondary N) is 1. The number of nitrogens with two attached hydrogens (primary N) is 1. The molecule has 0 aromatic carbocycles. The molecule has 45 heavy (non-hydrogen) atoms. The van der Waals surface area contributed by atoms with Gasteiger partial charge in [0.2, 0.25) is 5.91 Å². The molecule has 1 aliphatic rings. The van der Waals surface area contributed by atoms with Crippen molar-refractivity contribution in [3.05, 3.63) is 0 Å². The first kappa shape index (κ1) is 40.2. The molecule has 4 atom stereocenters. The summed E-state index contributed by atoms with van der Waals surface area (Å²) in [5.74, 6) is 0.0710. The average Bonchev–Trinajstić information content (AvgIpc) is 2.83. The number of rotatable bonds is 7. The minimum Gasteiger partial charge on any atom is -0.465 e. The first-order valence-corrected chi connectivity index (χ1v) is 16.1. The molecule has 0 radical (unpaired) electrons. The molecule has 0 spiro atoms. The third-order valence-corrected chi connectivity index (χ3v) is 8.53. The van der Waals surface area contributed by atoms with Gasteiger partial charge in [-0.3, -0.25) is 14.6 Å². The van der Waals surface area contributed by atoms with Crippen molar-refractivity contribution in [2.75, 3.05) is 45.8 Å². The van der Waals surface area contributed by atoms with Crippen LogP contribution in [0.1, 0.15) is 89.0 Å². The van der Waals surface area contributed by atoms with Gasteiger partial charge in [-0.1, -0.05) is 76.2 Å². The third-order valence-electron chi connectivity index (χ3n) is 8.53. The number of carbonyl (C=O) groups is 4. The Hall–Kier alpha value is -2.80. The summed E-state index contributed by atoms with van der Waals surface area (Å²) in [5, 5.41) is 34.5. The van der Waals surface area contributed by atoms with Gasteiger partial charge in [0.1, 0.15) is 0 Å². The van der Waals surface area contributed by atoms with Crippen molar-refractivity contribution in [1.29, 1.82) is 0 Å². The first-order valence-electron chi connectivity index (χ1n) is 16.1. The van der Waals surface area contributed by atoms with Crippen molar-refractivity contribution in [3.8, 4) is 0 Å². The van der Waals surface area contributed by atoms with Gasteiger partial charge in [-0.05, 0) is 41.5 Å². The molecule has 0 aromatic heterocycles. The molecule has 13 nitrogen and oxygen atoms in total. The van der Waals surface area contributed by atoms with E-state index >= 15 is 0 Å². The summed E-state index contributed by atoms with van der Waals surface area (Å²) in [5.41, 5.74) is 3.95. The Bertz CT molecular complexity index is 1000. The summed E-state index contributed by atoms with van der Waals surface area (Å²) in [7, 11) is 0. The molecule has 0 bridgehead atoms. The smallest absolute Gasteiger partial charge is 0.407 e. The average molecular weight is 643 g/mol. The van der Waals surface area contributed by atoms with Crippen LogP contribution in [0.5, 0.6) is 0 Å². The van der Waals surface area contributed by atoms with Gasteiger partial charge in [0.05, 0.1) is 24.2 Å². The van der Waals surface area contributed by atoms with E-state index in [1.807, 2.05) is 81.1 Å². The molecule has 0 aliphatic carbocycles. The van der Waals surface area contributed by atoms with Crippen molar-refractivity contribution >= 4 is 24.2 Å². The molecule has 0 aromatic rings. The molecule has 4 amide bonds. The predicted molar refractivity (Wildman–Crippen MR) is 175 cm³/mol. The fourth-order valence-electron chi connectivity index (χ4n) is 6.31. The number of hydrogen-bond acceptors (Lipinski definition) is 6. The van der Waals surface area contributed by atoms with E-state index in [-0.39, 0.29) is 31.5 Å². The Labute approximate surface area is 270 Å².